The molecule has 2 aromatic carbocycles. The van der Waals surface area contributed by atoms with Gasteiger partial charge in [-0.15, -0.1) is 6.58 Å². The highest BCUT2D eigenvalue weighted by Crippen LogP contribution is 2.50. The van der Waals surface area contributed by atoms with Crippen molar-refractivity contribution in [1.29, 1.82) is 0 Å². The van der Waals surface area contributed by atoms with Crippen molar-refractivity contribution in [3.8, 4) is 0 Å². The maximum atomic E-state index is 13.8. The largest absolute Gasteiger partial charge is 0.352 e. The monoisotopic (exact) mass is 412 g/mol. The quantitative estimate of drug-likeness (QED) is 0.437. The van der Waals surface area contributed by atoms with Gasteiger partial charge in [-0.2, -0.15) is 0 Å². The van der Waals surface area contributed by atoms with Crippen LogP contribution in [0.25, 0.3) is 5.57 Å². The molecule has 0 radical (unpaired) electrons. The van der Waals surface area contributed by atoms with Crippen LogP contribution in [0.15, 0.2) is 67.3 Å². The number of ketones is 1. The smallest absolute Gasteiger partial charge is 0.236 e. The van der Waals surface area contributed by atoms with Crippen LogP contribution in [0.5, 0.6) is 0 Å². The highest BCUT2D eigenvalue weighted by molar-refractivity contribution is 6.14. The number of Topliss-reactive ketones (excluding diaryl/α,β-unsaturated/α-hetero) is 1. The lowest BCUT2D eigenvalue weighted by Crippen LogP contribution is -2.49. The van der Waals surface area contributed by atoms with Gasteiger partial charge < -0.3 is 4.90 Å². The molecule has 0 saturated carbocycles. The van der Waals surface area contributed by atoms with E-state index >= 15 is 0 Å². The summed E-state index contributed by atoms with van der Waals surface area (Å²) in [4.78, 5) is 43.7. The minimum atomic E-state index is -0.727. The molecule has 0 N–H and O–H groups in total. The first-order valence-corrected chi connectivity index (χ1v) is 10.6. The average molecular weight is 412 g/mol. The standard InChI is InChI=1S/C26H24N2O3/c1-4-12-27-25(30)21-20-14-16(3)18-13-15(2)10-11-19(18)28(20)23(22(21)26(27)31)24(29)17-8-6-5-7-9-17/h4-11,13-14,20-23H,1,12H2,2-3H3/t20-,21-,22-,23-/m1/s1. The van der Waals surface area contributed by atoms with Gasteiger partial charge in [0, 0.05) is 23.4 Å². The zero-order valence-corrected chi connectivity index (χ0v) is 17.6. The van der Waals surface area contributed by atoms with Gasteiger partial charge in [-0.25, -0.2) is 0 Å². The van der Waals surface area contributed by atoms with Crippen LogP contribution in [0, 0.1) is 18.8 Å². The summed E-state index contributed by atoms with van der Waals surface area (Å²) in [7, 11) is 0. The molecule has 0 aromatic heterocycles. The molecule has 3 aliphatic heterocycles. The van der Waals surface area contributed by atoms with E-state index in [1.165, 1.54) is 4.90 Å². The summed E-state index contributed by atoms with van der Waals surface area (Å²) >= 11 is 0. The summed E-state index contributed by atoms with van der Waals surface area (Å²) in [6, 6.07) is 14.1. The highest BCUT2D eigenvalue weighted by atomic mass is 16.2. The van der Waals surface area contributed by atoms with E-state index in [9.17, 15) is 14.4 Å². The average Bonchev–Trinajstić information content (AvgIpc) is 3.23. The number of aryl methyl sites for hydroxylation is 1. The number of anilines is 1. The first-order valence-electron chi connectivity index (χ1n) is 10.6. The zero-order chi connectivity index (χ0) is 21.9. The number of benzene rings is 2. The predicted molar refractivity (Wildman–Crippen MR) is 120 cm³/mol. The van der Waals surface area contributed by atoms with Crippen LogP contribution >= 0.6 is 0 Å². The van der Waals surface area contributed by atoms with Gasteiger partial charge in [-0.1, -0.05) is 54.1 Å². The molecule has 0 aliphatic carbocycles. The van der Waals surface area contributed by atoms with E-state index in [-0.39, 0.29) is 30.2 Å². The molecule has 5 heteroatoms. The molecule has 4 atom stereocenters. The minimum absolute atomic E-state index is 0.126. The molecule has 5 nitrogen and oxygen atoms in total. The van der Waals surface area contributed by atoms with Crippen molar-refractivity contribution < 1.29 is 14.4 Å². The van der Waals surface area contributed by atoms with E-state index < -0.39 is 17.9 Å². The molecule has 2 fully saturated rings. The lowest BCUT2D eigenvalue weighted by atomic mass is 9.85. The Morgan fingerprint density at radius 2 is 1.74 bits per heavy atom. The Hall–Kier alpha value is -3.47. The fourth-order valence-corrected chi connectivity index (χ4v) is 5.40. The maximum Gasteiger partial charge on any atom is 0.236 e. The number of fused-ring (bicyclic) bond motifs is 5. The highest BCUT2D eigenvalue weighted by Gasteiger charge is 2.64. The summed E-state index contributed by atoms with van der Waals surface area (Å²) < 4.78 is 0. The van der Waals surface area contributed by atoms with Crippen molar-refractivity contribution in [3.63, 3.8) is 0 Å². The Morgan fingerprint density at radius 3 is 2.45 bits per heavy atom. The summed E-state index contributed by atoms with van der Waals surface area (Å²) in [6.07, 6.45) is 3.61. The molecular weight excluding hydrogens is 388 g/mol. The second kappa shape index (κ2) is 7.05. The molecular formula is C26H24N2O3. The topological polar surface area (TPSA) is 57.7 Å². The molecule has 2 saturated heterocycles. The van der Waals surface area contributed by atoms with Crippen molar-refractivity contribution in [2.45, 2.75) is 25.9 Å². The van der Waals surface area contributed by atoms with E-state index in [0.717, 1.165) is 22.4 Å². The zero-order valence-electron chi connectivity index (χ0n) is 17.6. The van der Waals surface area contributed by atoms with Crippen molar-refractivity contribution in [1.82, 2.24) is 4.90 Å². The van der Waals surface area contributed by atoms with Gasteiger partial charge in [0.25, 0.3) is 0 Å². The normalized spacial score (nSPS) is 26.3. The molecule has 156 valence electrons. The van der Waals surface area contributed by atoms with Gasteiger partial charge in [0.2, 0.25) is 11.8 Å². The number of allylic oxidation sites excluding steroid dienone is 1. The fourth-order valence-electron chi connectivity index (χ4n) is 5.40. The number of rotatable bonds is 4. The Balaban J connectivity index is 1.70. The first kappa shape index (κ1) is 19.5. The SMILES string of the molecule is C=CCN1C(=O)[C@@H]2[C@H](C1=O)[C@H]1C=C(C)c3cc(C)ccc3N1[C@H]2C(=O)c1ccccc1. The number of likely N-dealkylation sites (tertiary alicyclic amines) is 1. The number of imide groups is 1. The maximum absolute atomic E-state index is 13.8. The second-order valence-corrected chi connectivity index (χ2v) is 8.57. The van der Waals surface area contributed by atoms with Crippen molar-refractivity contribution in [2.75, 3.05) is 11.4 Å². The van der Waals surface area contributed by atoms with E-state index in [1.54, 1.807) is 18.2 Å². The lowest BCUT2D eigenvalue weighted by Gasteiger charge is -2.38. The van der Waals surface area contributed by atoms with Crippen LogP contribution in [0.1, 0.15) is 28.4 Å². The minimum Gasteiger partial charge on any atom is -0.352 e. The van der Waals surface area contributed by atoms with E-state index in [2.05, 4.69) is 18.7 Å². The Morgan fingerprint density at radius 1 is 1.03 bits per heavy atom. The summed E-state index contributed by atoms with van der Waals surface area (Å²) in [5.74, 6) is -1.90. The molecule has 3 heterocycles. The van der Waals surface area contributed by atoms with Crippen LogP contribution in [0.3, 0.4) is 0 Å². The van der Waals surface area contributed by atoms with Gasteiger partial charge in [0.15, 0.2) is 5.78 Å². The predicted octanol–water partition coefficient (Wildman–Crippen LogP) is 3.64. The van der Waals surface area contributed by atoms with Gasteiger partial charge >= 0.3 is 0 Å². The van der Waals surface area contributed by atoms with Gasteiger partial charge in [-0.05, 0) is 31.6 Å². The molecule has 0 unspecified atom stereocenters. The van der Waals surface area contributed by atoms with E-state index in [1.807, 2.05) is 49.1 Å². The van der Waals surface area contributed by atoms with Crippen LogP contribution in [0.2, 0.25) is 0 Å². The summed E-state index contributed by atoms with van der Waals surface area (Å²) in [5, 5.41) is 0. The van der Waals surface area contributed by atoms with Crippen molar-refractivity contribution in [3.05, 3.63) is 84.0 Å². The van der Waals surface area contributed by atoms with Crippen LogP contribution < -0.4 is 4.90 Å². The molecule has 3 aliphatic rings. The second-order valence-electron chi connectivity index (χ2n) is 8.57. The third kappa shape index (κ3) is 2.73. The number of carbonyl (C=O) groups is 3. The van der Waals surface area contributed by atoms with Crippen LogP contribution in [-0.4, -0.2) is 41.1 Å². The molecule has 0 bridgehead atoms. The Kier molecular flexibility index (Phi) is 4.43. The van der Waals surface area contributed by atoms with Crippen molar-refractivity contribution in [2.24, 2.45) is 11.8 Å². The van der Waals surface area contributed by atoms with Crippen LogP contribution in [0.4, 0.5) is 5.69 Å². The van der Waals surface area contributed by atoms with Crippen LogP contribution in [-0.2, 0) is 9.59 Å². The molecule has 2 amide bonds. The third-order valence-electron chi connectivity index (χ3n) is 6.73. The molecule has 31 heavy (non-hydrogen) atoms. The number of amides is 2. The number of hydrogen-bond acceptors (Lipinski definition) is 4. The van der Waals surface area contributed by atoms with Crippen molar-refractivity contribution >= 4 is 28.9 Å². The molecule has 0 spiro atoms. The lowest BCUT2D eigenvalue weighted by molar-refractivity contribution is -0.139. The Bertz CT molecular complexity index is 1150. The van der Waals surface area contributed by atoms with Gasteiger partial charge in [0.05, 0.1) is 17.9 Å². The van der Waals surface area contributed by atoms with E-state index in [4.69, 9.17) is 0 Å². The van der Waals surface area contributed by atoms with E-state index in [0.29, 0.717) is 5.56 Å². The Labute approximate surface area is 181 Å². The molecule has 5 rings (SSSR count). The summed E-state index contributed by atoms with van der Waals surface area (Å²) in [5.41, 5.74) is 4.70. The fraction of sp³-hybridized carbons (Fsp3) is 0.269. The van der Waals surface area contributed by atoms with Gasteiger partial charge in [0.1, 0.15) is 6.04 Å². The molecule has 2 aromatic rings. The number of hydrogen-bond donors (Lipinski definition) is 0. The first-order chi connectivity index (χ1) is 14.9. The third-order valence-corrected chi connectivity index (χ3v) is 6.73. The number of carbonyl (C=O) groups excluding carboxylic acids is 3. The summed E-state index contributed by atoms with van der Waals surface area (Å²) in [6.45, 7) is 7.91. The number of nitrogens with zero attached hydrogens (tertiary/aromatic N) is 2. The van der Waals surface area contributed by atoms with Gasteiger partial charge in [-0.3, -0.25) is 19.3 Å².